The van der Waals surface area contributed by atoms with Gasteiger partial charge in [0.25, 0.3) is 5.91 Å². The van der Waals surface area contributed by atoms with Crippen molar-refractivity contribution in [3.63, 3.8) is 0 Å². The molecule has 1 N–H and O–H groups in total. The van der Waals surface area contributed by atoms with E-state index in [1.807, 2.05) is 18.2 Å². The maximum absolute atomic E-state index is 13.3. The third-order valence-electron chi connectivity index (χ3n) is 6.50. The predicted molar refractivity (Wildman–Crippen MR) is 124 cm³/mol. The summed E-state index contributed by atoms with van der Waals surface area (Å²) in [5.74, 6) is 1.07. The smallest absolute Gasteiger partial charge is 0.253 e. The molecule has 8 nitrogen and oxygen atoms in total. The lowest BCUT2D eigenvalue weighted by Crippen LogP contribution is -2.36. The molecule has 0 aliphatic carbocycles. The Morgan fingerprint density at radius 1 is 0.879 bits per heavy atom. The molecule has 33 heavy (non-hydrogen) atoms. The Balaban J connectivity index is 1.40. The third-order valence-corrected chi connectivity index (χ3v) is 8.40. The van der Waals surface area contributed by atoms with Gasteiger partial charge in [-0.05, 0) is 61.6 Å². The molecule has 5 rings (SSSR count). The highest BCUT2D eigenvalue weighted by Crippen LogP contribution is 2.33. The number of hydrogen-bond acceptors (Lipinski definition) is 6. The van der Waals surface area contributed by atoms with Crippen LogP contribution >= 0.6 is 0 Å². The zero-order valence-electron chi connectivity index (χ0n) is 18.6. The molecule has 2 saturated heterocycles. The molecule has 0 aromatic heterocycles. The fourth-order valence-electron chi connectivity index (χ4n) is 4.67. The van der Waals surface area contributed by atoms with Crippen LogP contribution < -0.4 is 19.7 Å². The van der Waals surface area contributed by atoms with E-state index in [1.165, 1.54) is 4.31 Å². The molecule has 2 aromatic carbocycles. The normalized spacial score (nSPS) is 18.5. The van der Waals surface area contributed by atoms with Crippen molar-refractivity contribution in [2.24, 2.45) is 0 Å². The number of anilines is 1. The molecule has 2 aromatic rings. The van der Waals surface area contributed by atoms with E-state index in [1.54, 1.807) is 18.2 Å². The van der Waals surface area contributed by atoms with E-state index in [9.17, 15) is 13.2 Å². The number of carbonyl (C=O) groups is 1. The predicted octanol–water partition coefficient (Wildman–Crippen LogP) is 3.12. The lowest BCUT2D eigenvalue weighted by Gasteiger charge is -2.27. The SMILES string of the molecule is O=C(NCc1ccc2c(c1)OCO2)c1cc(S(=O)(=O)N2CCCCC2)ccc1N1CCCC1. The summed E-state index contributed by atoms with van der Waals surface area (Å²) >= 11 is 0. The number of rotatable bonds is 6. The Labute approximate surface area is 194 Å². The minimum atomic E-state index is -3.63. The summed E-state index contributed by atoms with van der Waals surface area (Å²) in [6, 6.07) is 10.5. The number of piperidine rings is 1. The van der Waals surface area contributed by atoms with Gasteiger partial charge in [0.1, 0.15) is 0 Å². The number of hydrogen-bond donors (Lipinski definition) is 1. The topological polar surface area (TPSA) is 88.2 Å². The molecular weight excluding hydrogens is 442 g/mol. The van der Waals surface area contributed by atoms with Gasteiger partial charge < -0.3 is 19.7 Å². The standard InChI is InChI=1S/C24H29N3O5S/c28-24(25-16-18-6-9-22-23(14-18)32-17-31-22)20-15-19(7-8-21(20)26-10-4-5-11-26)33(29,30)27-12-2-1-3-13-27/h6-9,14-15H,1-5,10-13,16-17H2,(H,25,28). The molecule has 0 radical (unpaired) electrons. The molecular formula is C24H29N3O5S. The Kier molecular flexibility index (Phi) is 6.16. The molecule has 0 atom stereocenters. The zero-order chi connectivity index (χ0) is 22.8. The van der Waals surface area contributed by atoms with Crippen LogP contribution in [0.25, 0.3) is 0 Å². The quantitative estimate of drug-likeness (QED) is 0.697. The highest BCUT2D eigenvalue weighted by molar-refractivity contribution is 7.89. The molecule has 0 saturated carbocycles. The summed E-state index contributed by atoms with van der Waals surface area (Å²) in [5, 5.41) is 2.96. The number of nitrogens with one attached hydrogen (secondary N) is 1. The van der Waals surface area contributed by atoms with Gasteiger partial charge in [0.2, 0.25) is 16.8 Å². The van der Waals surface area contributed by atoms with E-state index in [0.717, 1.165) is 56.4 Å². The van der Waals surface area contributed by atoms with Crippen molar-refractivity contribution in [1.82, 2.24) is 9.62 Å². The first-order chi connectivity index (χ1) is 16.0. The maximum atomic E-state index is 13.3. The lowest BCUT2D eigenvalue weighted by molar-refractivity contribution is 0.0951. The Morgan fingerprint density at radius 3 is 2.39 bits per heavy atom. The second-order valence-electron chi connectivity index (χ2n) is 8.71. The minimum Gasteiger partial charge on any atom is -0.454 e. The van der Waals surface area contributed by atoms with E-state index in [2.05, 4.69) is 10.2 Å². The van der Waals surface area contributed by atoms with Gasteiger partial charge in [-0.15, -0.1) is 0 Å². The van der Waals surface area contributed by atoms with Crippen LogP contribution in [0, 0.1) is 0 Å². The van der Waals surface area contributed by atoms with Crippen molar-refractivity contribution in [3.05, 3.63) is 47.5 Å². The number of amides is 1. The van der Waals surface area contributed by atoms with Crippen molar-refractivity contribution in [2.75, 3.05) is 37.9 Å². The number of ether oxygens (including phenoxy) is 2. The van der Waals surface area contributed by atoms with Crippen LogP contribution in [0.1, 0.15) is 48.0 Å². The monoisotopic (exact) mass is 471 g/mol. The van der Waals surface area contributed by atoms with Crippen molar-refractivity contribution in [1.29, 1.82) is 0 Å². The van der Waals surface area contributed by atoms with E-state index < -0.39 is 10.0 Å². The Bertz CT molecular complexity index is 1140. The molecule has 0 unspecified atom stereocenters. The third kappa shape index (κ3) is 4.52. The van der Waals surface area contributed by atoms with Gasteiger partial charge >= 0.3 is 0 Å². The second-order valence-corrected chi connectivity index (χ2v) is 10.6. The van der Waals surface area contributed by atoms with Gasteiger partial charge in [-0.25, -0.2) is 8.42 Å². The molecule has 9 heteroatoms. The van der Waals surface area contributed by atoms with Gasteiger partial charge in [0.05, 0.1) is 10.5 Å². The van der Waals surface area contributed by atoms with Gasteiger partial charge in [0, 0.05) is 38.4 Å². The number of benzene rings is 2. The van der Waals surface area contributed by atoms with Crippen LogP contribution in [0.2, 0.25) is 0 Å². The first kappa shape index (κ1) is 22.0. The fourth-order valence-corrected chi connectivity index (χ4v) is 6.22. The summed E-state index contributed by atoms with van der Waals surface area (Å²) in [5.41, 5.74) is 2.07. The summed E-state index contributed by atoms with van der Waals surface area (Å²) in [4.78, 5) is 15.6. The van der Waals surface area contributed by atoms with Crippen LogP contribution in [0.4, 0.5) is 5.69 Å². The van der Waals surface area contributed by atoms with Crippen LogP contribution in [0.3, 0.4) is 0 Å². The number of nitrogens with zero attached hydrogens (tertiary/aromatic N) is 2. The van der Waals surface area contributed by atoms with Crippen molar-refractivity contribution in [2.45, 2.75) is 43.5 Å². The first-order valence-electron chi connectivity index (χ1n) is 11.6. The molecule has 0 spiro atoms. The van der Waals surface area contributed by atoms with E-state index in [-0.39, 0.29) is 17.6 Å². The highest BCUT2D eigenvalue weighted by atomic mass is 32.2. The lowest BCUT2D eigenvalue weighted by atomic mass is 10.1. The maximum Gasteiger partial charge on any atom is 0.253 e. The van der Waals surface area contributed by atoms with Crippen molar-refractivity contribution in [3.8, 4) is 11.5 Å². The summed E-state index contributed by atoms with van der Waals surface area (Å²) in [6.07, 6.45) is 4.91. The minimum absolute atomic E-state index is 0.181. The number of carbonyl (C=O) groups excluding carboxylic acids is 1. The van der Waals surface area contributed by atoms with Crippen LogP contribution in [-0.4, -0.2) is 51.6 Å². The zero-order valence-corrected chi connectivity index (χ0v) is 19.4. The average molecular weight is 472 g/mol. The molecule has 0 bridgehead atoms. The van der Waals surface area contributed by atoms with Gasteiger partial charge in [-0.3, -0.25) is 4.79 Å². The van der Waals surface area contributed by atoms with E-state index in [4.69, 9.17) is 9.47 Å². The van der Waals surface area contributed by atoms with Crippen molar-refractivity contribution >= 4 is 21.6 Å². The van der Waals surface area contributed by atoms with Crippen LogP contribution in [0.15, 0.2) is 41.3 Å². The Hall–Kier alpha value is -2.78. The van der Waals surface area contributed by atoms with E-state index >= 15 is 0 Å². The number of fused-ring (bicyclic) bond motifs is 1. The fraction of sp³-hybridized carbons (Fsp3) is 0.458. The highest BCUT2D eigenvalue weighted by Gasteiger charge is 2.28. The molecule has 1 amide bonds. The van der Waals surface area contributed by atoms with Gasteiger partial charge in [0.15, 0.2) is 11.5 Å². The Morgan fingerprint density at radius 2 is 1.61 bits per heavy atom. The molecule has 2 fully saturated rings. The average Bonchev–Trinajstić information content (AvgIpc) is 3.54. The van der Waals surface area contributed by atoms with E-state index in [0.29, 0.717) is 36.7 Å². The van der Waals surface area contributed by atoms with Crippen LogP contribution in [-0.2, 0) is 16.6 Å². The summed E-state index contributed by atoms with van der Waals surface area (Å²) < 4.78 is 38.8. The number of sulfonamides is 1. The first-order valence-corrected chi connectivity index (χ1v) is 13.0. The summed E-state index contributed by atoms with van der Waals surface area (Å²) in [6.45, 7) is 3.28. The molecule has 176 valence electrons. The van der Waals surface area contributed by atoms with Gasteiger partial charge in [-0.1, -0.05) is 12.5 Å². The molecule has 3 heterocycles. The van der Waals surface area contributed by atoms with Gasteiger partial charge in [-0.2, -0.15) is 4.31 Å². The van der Waals surface area contributed by atoms with Crippen LogP contribution in [0.5, 0.6) is 11.5 Å². The molecule has 3 aliphatic rings. The summed E-state index contributed by atoms with van der Waals surface area (Å²) in [7, 11) is -3.63. The second kappa shape index (κ2) is 9.23. The largest absolute Gasteiger partial charge is 0.454 e. The molecule has 3 aliphatic heterocycles. The van der Waals surface area contributed by atoms with Crippen molar-refractivity contribution < 1.29 is 22.7 Å².